The van der Waals surface area contributed by atoms with E-state index in [1.54, 1.807) is 24.3 Å². The van der Waals surface area contributed by atoms with Crippen LogP contribution in [0.2, 0.25) is 0 Å². The summed E-state index contributed by atoms with van der Waals surface area (Å²) in [5.41, 5.74) is 2.12. The zero-order chi connectivity index (χ0) is 18.1. The SMILES string of the molecule is Cc1c(C(=O)NC(c2ccccc2)c2cccs2)oc2ccc(F)cc12. The van der Waals surface area contributed by atoms with Crippen LogP contribution >= 0.6 is 11.3 Å². The van der Waals surface area contributed by atoms with Crippen molar-refractivity contribution in [2.45, 2.75) is 13.0 Å². The van der Waals surface area contributed by atoms with E-state index in [0.29, 0.717) is 16.5 Å². The molecule has 1 unspecified atom stereocenters. The molecular weight excluding hydrogens is 349 g/mol. The van der Waals surface area contributed by atoms with Crippen LogP contribution in [0.25, 0.3) is 11.0 Å². The Labute approximate surface area is 154 Å². The Morgan fingerprint density at radius 3 is 2.65 bits per heavy atom. The zero-order valence-electron chi connectivity index (χ0n) is 14.0. The number of furan rings is 1. The van der Waals surface area contributed by atoms with Crippen LogP contribution in [0.15, 0.2) is 70.5 Å². The molecule has 4 aromatic rings. The van der Waals surface area contributed by atoms with Crippen LogP contribution in [0, 0.1) is 12.7 Å². The highest BCUT2D eigenvalue weighted by Gasteiger charge is 2.23. The normalized spacial score (nSPS) is 12.2. The van der Waals surface area contributed by atoms with Crippen molar-refractivity contribution in [3.63, 3.8) is 0 Å². The van der Waals surface area contributed by atoms with Gasteiger partial charge in [0.15, 0.2) is 5.76 Å². The number of thiophene rings is 1. The zero-order valence-corrected chi connectivity index (χ0v) is 14.8. The smallest absolute Gasteiger partial charge is 0.288 e. The third kappa shape index (κ3) is 3.02. The lowest BCUT2D eigenvalue weighted by atomic mass is 10.0. The van der Waals surface area contributed by atoms with E-state index >= 15 is 0 Å². The summed E-state index contributed by atoms with van der Waals surface area (Å²) in [7, 11) is 0. The van der Waals surface area contributed by atoms with E-state index in [-0.39, 0.29) is 23.5 Å². The number of aryl methyl sites for hydroxylation is 1. The summed E-state index contributed by atoms with van der Waals surface area (Å²) in [6, 6.07) is 17.7. The first-order chi connectivity index (χ1) is 12.6. The number of nitrogens with one attached hydrogen (secondary N) is 1. The number of amides is 1. The third-order valence-corrected chi connectivity index (χ3v) is 5.28. The van der Waals surface area contributed by atoms with Crippen LogP contribution in [-0.2, 0) is 0 Å². The molecule has 0 radical (unpaired) electrons. The molecule has 5 heteroatoms. The molecule has 0 aliphatic carbocycles. The van der Waals surface area contributed by atoms with Crippen molar-refractivity contribution in [3.05, 3.63) is 93.6 Å². The Morgan fingerprint density at radius 1 is 1.12 bits per heavy atom. The standard InChI is InChI=1S/C21H16FNO2S/c1-13-16-12-15(22)9-10-17(16)25-20(13)21(24)23-19(18-8-5-11-26-18)14-6-3-2-4-7-14/h2-12,19H,1H3,(H,23,24). The quantitative estimate of drug-likeness (QED) is 0.522. The molecular formula is C21H16FNO2S. The molecule has 0 aliphatic rings. The van der Waals surface area contributed by atoms with Crippen LogP contribution in [0.4, 0.5) is 4.39 Å². The molecule has 0 bridgehead atoms. The van der Waals surface area contributed by atoms with Crippen LogP contribution in [-0.4, -0.2) is 5.91 Å². The van der Waals surface area contributed by atoms with Crippen molar-refractivity contribution in [1.29, 1.82) is 0 Å². The first-order valence-corrected chi connectivity index (χ1v) is 9.09. The lowest BCUT2D eigenvalue weighted by molar-refractivity contribution is 0.0917. The summed E-state index contributed by atoms with van der Waals surface area (Å²) in [5, 5.41) is 5.64. The van der Waals surface area contributed by atoms with Crippen molar-refractivity contribution in [3.8, 4) is 0 Å². The minimum atomic E-state index is -0.353. The Bertz CT molecular complexity index is 1050. The van der Waals surface area contributed by atoms with E-state index in [1.165, 1.54) is 12.1 Å². The van der Waals surface area contributed by atoms with Crippen LogP contribution < -0.4 is 5.32 Å². The Kier molecular flexibility index (Phi) is 4.31. The van der Waals surface area contributed by atoms with Crippen molar-refractivity contribution in [2.75, 3.05) is 0 Å². The maximum absolute atomic E-state index is 13.5. The van der Waals surface area contributed by atoms with Gasteiger partial charge in [-0.15, -0.1) is 11.3 Å². The molecule has 2 heterocycles. The summed E-state index contributed by atoms with van der Waals surface area (Å²) < 4.78 is 19.2. The van der Waals surface area contributed by atoms with Gasteiger partial charge in [0.1, 0.15) is 11.4 Å². The average Bonchev–Trinajstić information content (AvgIpc) is 3.29. The van der Waals surface area contributed by atoms with E-state index in [0.717, 1.165) is 10.4 Å². The Morgan fingerprint density at radius 2 is 1.92 bits per heavy atom. The largest absolute Gasteiger partial charge is 0.451 e. The number of hydrogen-bond donors (Lipinski definition) is 1. The summed E-state index contributed by atoms with van der Waals surface area (Å²) in [4.78, 5) is 13.9. The predicted molar refractivity (Wildman–Crippen MR) is 101 cm³/mol. The number of carbonyl (C=O) groups excluding carboxylic acids is 1. The number of benzene rings is 2. The van der Waals surface area contributed by atoms with Gasteiger partial charge < -0.3 is 9.73 Å². The molecule has 0 saturated carbocycles. The highest BCUT2D eigenvalue weighted by atomic mass is 32.1. The molecule has 3 nitrogen and oxygen atoms in total. The van der Waals surface area contributed by atoms with Gasteiger partial charge in [-0.2, -0.15) is 0 Å². The predicted octanol–water partition coefficient (Wildman–Crippen LogP) is 5.46. The van der Waals surface area contributed by atoms with E-state index in [1.807, 2.05) is 47.8 Å². The molecule has 4 rings (SSSR count). The first kappa shape index (κ1) is 16.5. The monoisotopic (exact) mass is 365 g/mol. The summed E-state index contributed by atoms with van der Waals surface area (Å²) >= 11 is 1.58. The maximum Gasteiger partial charge on any atom is 0.288 e. The summed E-state index contributed by atoms with van der Waals surface area (Å²) in [5.74, 6) is -0.460. The molecule has 0 saturated heterocycles. The Hall–Kier alpha value is -2.92. The Balaban J connectivity index is 1.70. The van der Waals surface area contributed by atoms with Gasteiger partial charge in [0, 0.05) is 15.8 Å². The second kappa shape index (κ2) is 6.77. The van der Waals surface area contributed by atoms with Crippen molar-refractivity contribution < 1.29 is 13.6 Å². The van der Waals surface area contributed by atoms with Crippen molar-refractivity contribution >= 4 is 28.2 Å². The van der Waals surface area contributed by atoms with Crippen molar-refractivity contribution in [2.24, 2.45) is 0 Å². The van der Waals surface area contributed by atoms with Gasteiger partial charge >= 0.3 is 0 Å². The summed E-state index contributed by atoms with van der Waals surface area (Å²) in [6.45, 7) is 1.77. The summed E-state index contributed by atoms with van der Waals surface area (Å²) in [6.07, 6.45) is 0. The lowest BCUT2D eigenvalue weighted by Crippen LogP contribution is -2.28. The van der Waals surface area contributed by atoms with Gasteiger partial charge in [-0.1, -0.05) is 36.4 Å². The number of fused-ring (bicyclic) bond motifs is 1. The van der Waals surface area contributed by atoms with E-state index in [4.69, 9.17) is 4.42 Å². The molecule has 1 atom stereocenters. The highest BCUT2D eigenvalue weighted by molar-refractivity contribution is 7.10. The number of halogens is 1. The fraction of sp³-hybridized carbons (Fsp3) is 0.0952. The second-order valence-electron chi connectivity index (χ2n) is 6.03. The fourth-order valence-electron chi connectivity index (χ4n) is 3.03. The number of hydrogen-bond acceptors (Lipinski definition) is 3. The minimum Gasteiger partial charge on any atom is -0.451 e. The van der Waals surface area contributed by atoms with E-state index < -0.39 is 0 Å². The maximum atomic E-state index is 13.5. The molecule has 0 aliphatic heterocycles. The van der Waals surface area contributed by atoms with Gasteiger partial charge in [-0.25, -0.2) is 4.39 Å². The number of carbonyl (C=O) groups is 1. The molecule has 2 aromatic heterocycles. The fourth-order valence-corrected chi connectivity index (χ4v) is 3.83. The van der Waals surface area contributed by atoms with E-state index in [2.05, 4.69) is 5.32 Å². The molecule has 1 amide bonds. The van der Waals surface area contributed by atoms with Crippen LogP contribution in [0.5, 0.6) is 0 Å². The van der Waals surface area contributed by atoms with Crippen molar-refractivity contribution in [1.82, 2.24) is 5.32 Å². The molecule has 0 spiro atoms. The van der Waals surface area contributed by atoms with Crippen LogP contribution in [0.1, 0.15) is 32.6 Å². The lowest BCUT2D eigenvalue weighted by Gasteiger charge is -2.17. The molecule has 130 valence electrons. The van der Waals surface area contributed by atoms with Gasteiger partial charge in [0.25, 0.3) is 5.91 Å². The molecule has 0 fully saturated rings. The van der Waals surface area contributed by atoms with Crippen LogP contribution in [0.3, 0.4) is 0 Å². The van der Waals surface area contributed by atoms with Gasteiger partial charge in [0.05, 0.1) is 6.04 Å². The third-order valence-electron chi connectivity index (χ3n) is 4.34. The van der Waals surface area contributed by atoms with E-state index in [9.17, 15) is 9.18 Å². The molecule has 1 N–H and O–H groups in total. The minimum absolute atomic E-state index is 0.211. The molecule has 2 aromatic carbocycles. The first-order valence-electron chi connectivity index (χ1n) is 8.21. The topological polar surface area (TPSA) is 42.2 Å². The van der Waals surface area contributed by atoms with Gasteiger partial charge in [0.2, 0.25) is 0 Å². The molecule has 26 heavy (non-hydrogen) atoms. The van der Waals surface area contributed by atoms with Gasteiger partial charge in [-0.05, 0) is 42.1 Å². The number of rotatable bonds is 4. The highest BCUT2D eigenvalue weighted by Crippen LogP contribution is 2.29. The average molecular weight is 365 g/mol. The second-order valence-corrected chi connectivity index (χ2v) is 7.01. The van der Waals surface area contributed by atoms with Gasteiger partial charge in [-0.3, -0.25) is 4.79 Å².